The van der Waals surface area contributed by atoms with E-state index in [1.165, 1.54) is 30.4 Å². The highest BCUT2D eigenvalue weighted by atomic mass is 14.9. The van der Waals surface area contributed by atoms with Crippen LogP contribution >= 0.6 is 0 Å². The van der Waals surface area contributed by atoms with Gasteiger partial charge in [-0.05, 0) is 86.2 Å². The van der Waals surface area contributed by atoms with E-state index in [1.807, 2.05) is 0 Å². The molecule has 0 amide bonds. The molecule has 0 heterocycles. The smallest absolute Gasteiger partial charge is 0.0208 e. The summed E-state index contributed by atoms with van der Waals surface area (Å²) in [6.45, 7) is 5.73. The van der Waals surface area contributed by atoms with Crippen molar-refractivity contribution in [2.24, 2.45) is 23.2 Å². The van der Waals surface area contributed by atoms with Crippen molar-refractivity contribution in [2.45, 2.75) is 71.4 Å². The fourth-order valence-electron chi connectivity index (χ4n) is 6.09. The lowest BCUT2D eigenvalue weighted by molar-refractivity contribution is -0.0706. The van der Waals surface area contributed by atoms with Crippen LogP contribution in [-0.2, 0) is 13.0 Å². The van der Waals surface area contributed by atoms with Crippen molar-refractivity contribution in [3.8, 4) is 0 Å². The molecule has 4 bridgehead atoms. The fourth-order valence-corrected chi connectivity index (χ4v) is 6.09. The molecule has 1 aromatic rings. The van der Waals surface area contributed by atoms with Gasteiger partial charge in [-0.1, -0.05) is 31.2 Å². The van der Waals surface area contributed by atoms with Gasteiger partial charge in [-0.3, -0.25) is 0 Å². The lowest BCUT2D eigenvalue weighted by atomic mass is 9.48. The van der Waals surface area contributed by atoms with Crippen LogP contribution in [-0.4, -0.2) is 6.04 Å². The topological polar surface area (TPSA) is 12.0 Å². The van der Waals surface area contributed by atoms with Gasteiger partial charge in [-0.2, -0.15) is 0 Å². The van der Waals surface area contributed by atoms with E-state index in [4.69, 9.17) is 0 Å². The van der Waals surface area contributed by atoms with Gasteiger partial charge in [0.25, 0.3) is 0 Å². The number of hydrogen-bond donors (Lipinski definition) is 1. The van der Waals surface area contributed by atoms with Crippen LogP contribution in [0.3, 0.4) is 0 Å². The Morgan fingerprint density at radius 2 is 1.45 bits per heavy atom. The summed E-state index contributed by atoms with van der Waals surface area (Å²) in [6, 6.07) is 9.85. The van der Waals surface area contributed by atoms with Crippen LogP contribution < -0.4 is 5.32 Å². The molecule has 0 saturated heterocycles. The second-order valence-electron chi connectivity index (χ2n) is 8.55. The molecule has 5 rings (SSSR count). The molecule has 1 aromatic carbocycles. The quantitative estimate of drug-likeness (QED) is 0.811. The molecule has 1 atom stereocenters. The molecule has 1 heteroatoms. The zero-order valence-corrected chi connectivity index (χ0v) is 14.3. The van der Waals surface area contributed by atoms with Crippen molar-refractivity contribution >= 4 is 0 Å². The molecule has 4 aliphatic rings. The lowest BCUT2D eigenvalue weighted by Crippen LogP contribution is -2.54. The molecular weight excluding hydrogens is 266 g/mol. The Labute approximate surface area is 135 Å². The molecule has 22 heavy (non-hydrogen) atoms. The standard InChI is InChI=1S/C21H31N/c1-3-16-4-6-17(7-5-16)14-22-15(2)21-11-18-8-19(12-21)10-20(9-18)13-21/h4-7,15,18-20,22H,3,8-14H2,1-2H3/t15-,18?,19?,20?,21?/m1/s1. The van der Waals surface area contributed by atoms with Crippen LogP contribution in [0.4, 0.5) is 0 Å². The molecule has 0 aromatic heterocycles. The molecule has 0 unspecified atom stereocenters. The molecule has 1 N–H and O–H groups in total. The summed E-state index contributed by atoms with van der Waals surface area (Å²) in [4.78, 5) is 0. The van der Waals surface area contributed by atoms with E-state index >= 15 is 0 Å². The van der Waals surface area contributed by atoms with Crippen LogP contribution in [0.2, 0.25) is 0 Å². The first-order chi connectivity index (χ1) is 10.7. The number of hydrogen-bond acceptors (Lipinski definition) is 1. The molecule has 0 radical (unpaired) electrons. The van der Waals surface area contributed by atoms with Gasteiger partial charge in [0.05, 0.1) is 0 Å². The third-order valence-electron chi connectivity index (χ3n) is 7.05. The summed E-state index contributed by atoms with van der Waals surface area (Å²) in [5.41, 5.74) is 3.50. The van der Waals surface area contributed by atoms with Crippen LogP contribution in [0.5, 0.6) is 0 Å². The maximum atomic E-state index is 3.89. The minimum absolute atomic E-state index is 0.623. The van der Waals surface area contributed by atoms with Crippen LogP contribution in [0, 0.1) is 23.2 Å². The predicted octanol–water partition coefficient (Wildman–Crippen LogP) is 4.94. The molecule has 1 nitrogen and oxygen atoms in total. The summed E-state index contributed by atoms with van der Waals surface area (Å²) in [6.07, 6.45) is 10.3. The van der Waals surface area contributed by atoms with Gasteiger partial charge in [-0.25, -0.2) is 0 Å². The Hall–Kier alpha value is -0.820. The van der Waals surface area contributed by atoms with Gasteiger partial charge in [0.15, 0.2) is 0 Å². The number of nitrogens with one attached hydrogen (secondary N) is 1. The van der Waals surface area contributed by atoms with Crippen molar-refractivity contribution in [3.05, 3.63) is 35.4 Å². The van der Waals surface area contributed by atoms with Crippen molar-refractivity contribution in [2.75, 3.05) is 0 Å². The third-order valence-corrected chi connectivity index (χ3v) is 7.05. The maximum Gasteiger partial charge on any atom is 0.0208 e. The third kappa shape index (κ3) is 2.62. The minimum atomic E-state index is 0.623. The predicted molar refractivity (Wildman–Crippen MR) is 92.7 cm³/mol. The highest BCUT2D eigenvalue weighted by molar-refractivity contribution is 5.22. The van der Waals surface area contributed by atoms with Gasteiger partial charge in [-0.15, -0.1) is 0 Å². The first-order valence-corrected chi connectivity index (χ1v) is 9.48. The summed E-state index contributed by atoms with van der Waals surface area (Å²) in [7, 11) is 0. The Morgan fingerprint density at radius 3 is 1.95 bits per heavy atom. The van der Waals surface area contributed by atoms with E-state index in [0.29, 0.717) is 11.5 Å². The van der Waals surface area contributed by atoms with E-state index < -0.39 is 0 Å². The van der Waals surface area contributed by atoms with E-state index in [-0.39, 0.29) is 0 Å². The van der Waals surface area contributed by atoms with Crippen molar-refractivity contribution < 1.29 is 0 Å². The first-order valence-electron chi connectivity index (χ1n) is 9.48. The lowest BCUT2D eigenvalue weighted by Gasteiger charge is -2.59. The van der Waals surface area contributed by atoms with E-state index in [1.54, 1.807) is 19.3 Å². The van der Waals surface area contributed by atoms with Crippen molar-refractivity contribution in [1.29, 1.82) is 0 Å². The van der Waals surface area contributed by atoms with Crippen LogP contribution in [0.15, 0.2) is 24.3 Å². The highest BCUT2D eigenvalue weighted by Crippen LogP contribution is 2.61. The van der Waals surface area contributed by atoms with Gasteiger partial charge >= 0.3 is 0 Å². The molecule has 0 spiro atoms. The molecular formula is C21H31N. The summed E-state index contributed by atoms with van der Waals surface area (Å²) in [5, 5.41) is 3.89. The zero-order valence-electron chi connectivity index (χ0n) is 14.3. The van der Waals surface area contributed by atoms with Gasteiger partial charge in [0.2, 0.25) is 0 Å². The Balaban J connectivity index is 1.40. The Kier molecular flexibility index (Phi) is 3.80. The molecule has 4 fully saturated rings. The van der Waals surface area contributed by atoms with Gasteiger partial charge in [0, 0.05) is 12.6 Å². The fraction of sp³-hybridized carbons (Fsp3) is 0.714. The van der Waals surface area contributed by atoms with Crippen molar-refractivity contribution in [1.82, 2.24) is 5.32 Å². The Bertz CT molecular complexity index is 480. The number of rotatable bonds is 5. The second kappa shape index (κ2) is 5.67. The second-order valence-corrected chi connectivity index (χ2v) is 8.55. The highest BCUT2D eigenvalue weighted by Gasteiger charge is 2.52. The minimum Gasteiger partial charge on any atom is -0.310 e. The summed E-state index contributed by atoms with van der Waals surface area (Å²) >= 11 is 0. The summed E-state index contributed by atoms with van der Waals surface area (Å²) in [5.74, 6) is 3.16. The average molecular weight is 297 g/mol. The normalized spacial score (nSPS) is 37.5. The van der Waals surface area contributed by atoms with E-state index in [2.05, 4.69) is 43.4 Å². The first kappa shape index (κ1) is 14.8. The molecule has 4 aliphatic carbocycles. The zero-order chi connectivity index (χ0) is 15.2. The van der Waals surface area contributed by atoms with Gasteiger partial charge < -0.3 is 5.32 Å². The SMILES string of the molecule is CCc1ccc(CN[C@H](C)C23CC4CC(CC(C4)C2)C3)cc1. The number of aryl methyl sites for hydroxylation is 1. The monoisotopic (exact) mass is 297 g/mol. The van der Waals surface area contributed by atoms with Crippen LogP contribution in [0.1, 0.15) is 63.5 Å². The average Bonchev–Trinajstić information content (AvgIpc) is 2.51. The van der Waals surface area contributed by atoms with E-state index in [9.17, 15) is 0 Å². The van der Waals surface area contributed by atoms with Crippen molar-refractivity contribution in [3.63, 3.8) is 0 Å². The largest absolute Gasteiger partial charge is 0.310 e. The Morgan fingerprint density at radius 1 is 0.955 bits per heavy atom. The van der Waals surface area contributed by atoms with Gasteiger partial charge in [0.1, 0.15) is 0 Å². The molecule has 120 valence electrons. The summed E-state index contributed by atoms with van der Waals surface area (Å²) < 4.78 is 0. The molecule has 4 saturated carbocycles. The molecule has 0 aliphatic heterocycles. The number of benzene rings is 1. The van der Waals surface area contributed by atoms with Crippen LogP contribution in [0.25, 0.3) is 0 Å². The van der Waals surface area contributed by atoms with E-state index in [0.717, 1.165) is 30.7 Å². The maximum absolute atomic E-state index is 3.89.